The zero-order valence-electron chi connectivity index (χ0n) is 17.5. The van der Waals surface area contributed by atoms with Crippen LogP contribution in [0.15, 0.2) is 47.4 Å². The van der Waals surface area contributed by atoms with Crippen LogP contribution < -0.4 is 4.74 Å². The first-order valence-corrected chi connectivity index (χ1v) is 11.3. The van der Waals surface area contributed by atoms with Crippen LogP contribution in [0.2, 0.25) is 0 Å². The number of carbonyl (C=O) groups is 1. The predicted molar refractivity (Wildman–Crippen MR) is 112 cm³/mol. The summed E-state index contributed by atoms with van der Waals surface area (Å²) in [5, 5.41) is 0. The number of methoxy groups -OCH3 is 1. The smallest absolute Gasteiger partial charge is 0.246 e. The lowest BCUT2D eigenvalue weighted by Crippen LogP contribution is -2.45. The molecule has 1 saturated heterocycles. The molecule has 162 valence electrons. The molecule has 0 bridgehead atoms. The zero-order valence-corrected chi connectivity index (χ0v) is 18.3. The SMILES string of the molecule is COc1ccc(C)cc1S(=O)(=O)N1CCC[C@H](C(=O)N(C)Cc2ccccc2F)C1. The van der Waals surface area contributed by atoms with Crippen molar-refractivity contribution in [3.05, 3.63) is 59.4 Å². The Labute approximate surface area is 177 Å². The van der Waals surface area contributed by atoms with Gasteiger partial charge in [-0.05, 0) is 43.5 Å². The van der Waals surface area contributed by atoms with E-state index in [1.165, 1.54) is 22.4 Å². The molecule has 0 aromatic heterocycles. The Hall–Kier alpha value is -2.45. The molecule has 1 fully saturated rings. The van der Waals surface area contributed by atoms with E-state index in [-0.39, 0.29) is 35.5 Å². The molecular formula is C22H27FN2O4S. The Morgan fingerprint density at radius 2 is 2.00 bits per heavy atom. The van der Waals surface area contributed by atoms with Crippen molar-refractivity contribution < 1.29 is 22.3 Å². The molecule has 0 radical (unpaired) electrons. The fourth-order valence-electron chi connectivity index (χ4n) is 3.76. The van der Waals surface area contributed by atoms with Gasteiger partial charge in [-0.25, -0.2) is 12.8 Å². The van der Waals surface area contributed by atoms with E-state index in [1.54, 1.807) is 43.4 Å². The van der Waals surface area contributed by atoms with Crippen LogP contribution >= 0.6 is 0 Å². The number of ether oxygens (including phenoxy) is 1. The minimum absolute atomic E-state index is 0.0971. The number of nitrogens with zero attached hydrogens (tertiary/aromatic N) is 2. The highest BCUT2D eigenvalue weighted by molar-refractivity contribution is 7.89. The van der Waals surface area contributed by atoms with E-state index in [9.17, 15) is 17.6 Å². The van der Waals surface area contributed by atoms with E-state index in [2.05, 4.69) is 0 Å². The monoisotopic (exact) mass is 434 g/mol. The number of hydrogen-bond acceptors (Lipinski definition) is 4. The molecule has 1 aliphatic heterocycles. The second-order valence-corrected chi connectivity index (χ2v) is 9.55. The molecule has 2 aromatic carbocycles. The third kappa shape index (κ3) is 4.65. The van der Waals surface area contributed by atoms with Gasteiger partial charge < -0.3 is 9.64 Å². The van der Waals surface area contributed by atoms with Crippen molar-refractivity contribution in [2.75, 3.05) is 27.2 Å². The summed E-state index contributed by atoms with van der Waals surface area (Å²) in [6.45, 7) is 2.40. The van der Waals surface area contributed by atoms with Crippen molar-refractivity contribution >= 4 is 15.9 Å². The number of amides is 1. The molecule has 0 spiro atoms. The molecular weight excluding hydrogens is 407 g/mol. The Morgan fingerprint density at radius 1 is 1.27 bits per heavy atom. The van der Waals surface area contributed by atoms with Crippen molar-refractivity contribution in [3.63, 3.8) is 0 Å². The highest BCUT2D eigenvalue weighted by Gasteiger charge is 2.35. The van der Waals surface area contributed by atoms with E-state index in [0.717, 1.165) is 5.56 Å². The van der Waals surface area contributed by atoms with Crippen molar-refractivity contribution in [2.24, 2.45) is 5.92 Å². The summed E-state index contributed by atoms with van der Waals surface area (Å²) < 4.78 is 47.1. The second-order valence-electron chi connectivity index (χ2n) is 7.64. The molecule has 3 rings (SSSR count). The van der Waals surface area contributed by atoms with Crippen LogP contribution in [-0.4, -0.2) is 50.8 Å². The van der Waals surface area contributed by atoms with E-state index < -0.39 is 15.9 Å². The number of benzene rings is 2. The molecule has 1 aliphatic rings. The molecule has 30 heavy (non-hydrogen) atoms. The van der Waals surface area contributed by atoms with Gasteiger partial charge in [-0.15, -0.1) is 0 Å². The highest BCUT2D eigenvalue weighted by Crippen LogP contribution is 2.31. The molecule has 2 aromatic rings. The number of rotatable bonds is 6. The van der Waals surface area contributed by atoms with Gasteiger partial charge in [-0.3, -0.25) is 4.79 Å². The number of hydrogen-bond donors (Lipinski definition) is 0. The topological polar surface area (TPSA) is 66.9 Å². The maximum Gasteiger partial charge on any atom is 0.246 e. The van der Waals surface area contributed by atoms with Crippen LogP contribution in [0.5, 0.6) is 5.75 Å². The van der Waals surface area contributed by atoms with E-state index in [1.807, 2.05) is 6.92 Å². The van der Waals surface area contributed by atoms with Gasteiger partial charge in [0, 0.05) is 32.2 Å². The number of sulfonamides is 1. The summed E-state index contributed by atoms with van der Waals surface area (Å²) in [5.41, 5.74) is 1.24. The molecule has 0 N–H and O–H groups in total. The lowest BCUT2D eigenvalue weighted by molar-refractivity contribution is -0.135. The summed E-state index contributed by atoms with van der Waals surface area (Å²) in [5.74, 6) is -0.738. The number of piperidine rings is 1. The summed E-state index contributed by atoms with van der Waals surface area (Å²) >= 11 is 0. The van der Waals surface area contributed by atoms with Crippen molar-refractivity contribution in [1.29, 1.82) is 0 Å². The number of carbonyl (C=O) groups excluding carboxylic acids is 1. The summed E-state index contributed by atoms with van der Waals surface area (Å²) in [6, 6.07) is 11.3. The largest absolute Gasteiger partial charge is 0.495 e. The number of aryl methyl sites for hydroxylation is 1. The fourth-order valence-corrected chi connectivity index (χ4v) is 5.52. The molecule has 1 atom stereocenters. The van der Waals surface area contributed by atoms with Gasteiger partial charge in [0.2, 0.25) is 15.9 Å². The summed E-state index contributed by atoms with van der Waals surface area (Å²) in [6.07, 6.45) is 1.18. The normalized spacial score (nSPS) is 17.5. The molecule has 0 unspecified atom stereocenters. The van der Waals surface area contributed by atoms with Crippen LogP contribution in [0.3, 0.4) is 0 Å². The van der Waals surface area contributed by atoms with Crippen LogP contribution in [0, 0.1) is 18.7 Å². The Morgan fingerprint density at radius 3 is 2.70 bits per heavy atom. The van der Waals surface area contributed by atoms with E-state index in [4.69, 9.17) is 4.74 Å². The third-order valence-corrected chi connectivity index (χ3v) is 7.30. The second kappa shape index (κ2) is 9.14. The highest BCUT2D eigenvalue weighted by atomic mass is 32.2. The molecule has 8 heteroatoms. The average molecular weight is 435 g/mol. The maximum atomic E-state index is 13.9. The quantitative estimate of drug-likeness (QED) is 0.700. The van der Waals surface area contributed by atoms with E-state index in [0.29, 0.717) is 24.9 Å². The Balaban J connectivity index is 1.77. The third-order valence-electron chi connectivity index (χ3n) is 5.41. The Kier molecular flexibility index (Phi) is 6.77. The maximum absolute atomic E-state index is 13.9. The van der Waals surface area contributed by atoms with Crippen LogP contribution in [0.1, 0.15) is 24.0 Å². The fraction of sp³-hybridized carbons (Fsp3) is 0.409. The van der Waals surface area contributed by atoms with Gasteiger partial charge in [0.05, 0.1) is 13.0 Å². The van der Waals surface area contributed by atoms with Gasteiger partial charge in [-0.2, -0.15) is 4.31 Å². The molecule has 0 aliphatic carbocycles. The molecule has 0 saturated carbocycles. The standard InChI is InChI=1S/C22H27FN2O4S/c1-16-10-11-20(29-3)21(13-16)30(27,28)25-12-6-8-18(15-25)22(26)24(2)14-17-7-4-5-9-19(17)23/h4-5,7,9-11,13,18H,6,8,12,14-15H2,1-3H3/t18-/m0/s1. The van der Waals surface area contributed by atoms with Gasteiger partial charge in [0.25, 0.3) is 0 Å². The van der Waals surface area contributed by atoms with Crippen molar-refractivity contribution in [1.82, 2.24) is 9.21 Å². The van der Waals surface area contributed by atoms with Crippen molar-refractivity contribution in [2.45, 2.75) is 31.2 Å². The summed E-state index contributed by atoms with van der Waals surface area (Å²) in [7, 11) is -0.756. The first-order chi connectivity index (χ1) is 14.2. The van der Waals surface area contributed by atoms with Gasteiger partial charge in [0.1, 0.15) is 16.5 Å². The van der Waals surface area contributed by atoms with Gasteiger partial charge >= 0.3 is 0 Å². The first-order valence-electron chi connectivity index (χ1n) is 9.87. The van der Waals surface area contributed by atoms with Crippen LogP contribution in [0.25, 0.3) is 0 Å². The number of halogens is 1. The van der Waals surface area contributed by atoms with Crippen molar-refractivity contribution in [3.8, 4) is 5.75 Å². The average Bonchev–Trinajstić information content (AvgIpc) is 2.74. The van der Waals surface area contributed by atoms with E-state index >= 15 is 0 Å². The van der Waals surface area contributed by atoms with Gasteiger partial charge in [-0.1, -0.05) is 24.3 Å². The lowest BCUT2D eigenvalue weighted by atomic mass is 9.98. The van der Waals surface area contributed by atoms with Crippen LogP contribution in [-0.2, 0) is 21.4 Å². The molecule has 6 nitrogen and oxygen atoms in total. The summed E-state index contributed by atoms with van der Waals surface area (Å²) in [4.78, 5) is 14.5. The Bertz CT molecular complexity index is 1030. The van der Waals surface area contributed by atoms with Crippen LogP contribution in [0.4, 0.5) is 4.39 Å². The zero-order chi connectivity index (χ0) is 21.9. The molecule has 1 heterocycles. The predicted octanol–water partition coefficient (Wildman–Crippen LogP) is 3.20. The first kappa shape index (κ1) is 22.2. The molecule has 1 amide bonds. The van der Waals surface area contributed by atoms with Gasteiger partial charge in [0.15, 0.2) is 0 Å². The minimum atomic E-state index is -3.81. The minimum Gasteiger partial charge on any atom is -0.495 e. The lowest BCUT2D eigenvalue weighted by Gasteiger charge is -2.33.